The fourth-order valence-electron chi connectivity index (χ4n) is 4.27. The summed E-state index contributed by atoms with van der Waals surface area (Å²) < 4.78 is 8.08. The summed E-state index contributed by atoms with van der Waals surface area (Å²) in [6.45, 7) is 6.33. The SMILES string of the molecule is CCn1ccnc1C1CCCCN1C(=O)NC1COc2c(C)cccc2C1. The van der Waals surface area contributed by atoms with Gasteiger partial charge in [-0.3, -0.25) is 0 Å². The van der Waals surface area contributed by atoms with Gasteiger partial charge in [0.1, 0.15) is 18.2 Å². The molecule has 2 unspecified atom stereocenters. The first-order valence-corrected chi connectivity index (χ1v) is 9.96. The Morgan fingerprint density at radius 3 is 3.11 bits per heavy atom. The number of nitrogens with zero attached hydrogens (tertiary/aromatic N) is 3. The molecule has 3 heterocycles. The standard InChI is InChI=1S/C21H28N4O2/c1-3-24-12-10-22-20(24)18-9-4-5-11-25(18)21(26)23-17-13-16-8-6-7-15(2)19(16)27-14-17/h6-8,10,12,17-18H,3-5,9,11,13-14H2,1-2H3,(H,23,26). The van der Waals surface area contributed by atoms with Crippen molar-refractivity contribution in [2.24, 2.45) is 0 Å². The smallest absolute Gasteiger partial charge is 0.318 e. The first-order chi connectivity index (χ1) is 13.2. The van der Waals surface area contributed by atoms with E-state index in [1.165, 1.54) is 5.56 Å². The van der Waals surface area contributed by atoms with Crippen LogP contribution in [0.2, 0.25) is 0 Å². The Hall–Kier alpha value is -2.50. The minimum Gasteiger partial charge on any atom is -0.491 e. The van der Waals surface area contributed by atoms with Crippen molar-refractivity contribution in [1.82, 2.24) is 19.8 Å². The van der Waals surface area contributed by atoms with Gasteiger partial charge in [0.2, 0.25) is 0 Å². The van der Waals surface area contributed by atoms with E-state index in [1.807, 2.05) is 23.4 Å². The molecule has 1 fully saturated rings. The van der Waals surface area contributed by atoms with Crippen LogP contribution in [0.4, 0.5) is 4.79 Å². The summed E-state index contributed by atoms with van der Waals surface area (Å²) in [4.78, 5) is 19.6. The van der Waals surface area contributed by atoms with Gasteiger partial charge >= 0.3 is 6.03 Å². The van der Waals surface area contributed by atoms with E-state index in [0.29, 0.717) is 6.61 Å². The summed E-state index contributed by atoms with van der Waals surface area (Å²) in [6.07, 6.45) is 7.77. The maximum absolute atomic E-state index is 13.1. The highest BCUT2D eigenvalue weighted by Crippen LogP contribution is 2.31. The Morgan fingerprint density at radius 1 is 1.37 bits per heavy atom. The zero-order chi connectivity index (χ0) is 18.8. The Morgan fingerprint density at radius 2 is 2.26 bits per heavy atom. The molecule has 1 aromatic carbocycles. The topological polar surface area (TPSA) is 59.4 Å². The number of ether oxygens (including phenoxy) is 1. The number of fused-ring (bicyclic) bond motifs is 1. The Bertz CT molecular complexity index is 816. The van der Waals surface area contributed by atoms with Gasteiger partial charge < -0.3 is 19.5 Å². The predicted molar refractivity (Wildman–Crippen MR) is 104 cm³/mol. The molecule has 6 heteroatoms. The maximum Gasteiger partial charge on any atom is 0.318 e. The molecule has 0 aliphatic carbocycles. The van der Waals surface area contributed by atoms with E-state index in [0.717, 1.165) is 55.9 Å². The summed E-state index contributed by atoms with van der Waals surface area (Å²) >= 11 is 0. The second kappa shape index (κ2) is 7.62. The molecule has 2 atom stereocenters. The molecule has 2 amide bonds. The normalized spacial score (nSPS) is 22.1. The van der Waals surface area contributed by atoms with Crippen LogP contribution in [0.5, 0.6) is 5.75 Å². The number of likely N-dealkylation sites (tertiary alicyclic amines) is 1. The Labute approximate surface area is 160 Å². The highest BCUT2D eigenvalue weighted by atomic mass is 16.5. The molecule has 0 spiro atoms. The van der Waals surface area contributed by atoms with E-state index in [-0.39, 0.29) is 18.1 Å². The first-order valence-electron chi connectivity index (χ1n) is 9.96. The molecule has 27 heavy (non-hydrogen) atoms. The lowest BCUT2D eigenvalue weighted by Gasteiger charge is -2.37. The number of piperidine rings is 1. The van der Waals surface area contributed by atoms with Crippen molar-refractivity contribution in [3.05, 3.63) is 47.5 Å². The van der Waals surface area contributed by atoms with Crippen molar-refractivity contribution in [1.29, 1.82) is 0 Å². The summed E-state index contributed by atoms with van der Waals surface area (Å²) in [5.41, 5.74) is 2.32. The number of aromatic nitrogens is 2. The third-order valence-electron chi connectivity index (χ3n) is 5.67. The number of para-hydroxylation sites is 1. The number of aryl methyl sites for hydroxylation is 2. The van der Waals surface area contributed by atoms with Crippen LogP contribution >= 0.6 is 0 Å². The van der Waals surface area contributed by atoms with Crippen LogP contribution in [-0.4, -0.2) is 39.7 Å². The molecule has 2 aliphatic heterocycles. The van der Waals surface area contributed by atoms with Gasteiger partial charge in [0.25, 0.3) is 0 Å². The van der Waals surface area contributed by atoms with Gasteiger partial charge in [-0.2, -0.15) is 0 Å². The fraction of sp³-hybridized carbons (Fsp3) is 0.524. The van der Waals surface area contributed by atoms with E-state index in [1.54, 1.807) is 0 Å². The van der Waals surface area contributed by atoms with E-state index in [4.69, 9.17) is 4.74 Å². The zero-order valence-electron chi connectivity index (χ0n) is 16.1. The van der Waals surface area contributed by atoms with Crippen LogP contribution in [0.25, 0.3) is 0 Å². The molecule has 144 valence electrons. The minimum absolute atomic E-state index is 0.000275. The number of carbonyl (C=O) groups excluding carboxylic acids is 1. The van der Waals surface area contributed by atoms with Crippen molar-refractivity contribution in [2.75, 3.05) is 13.2 Å². The summed E-state index contributed by atoms with van der Waals surface area (Å²) in [5, 5.41) is 3.20. The molecule has 0 bridgehead atoms. The lowest BCUT2D eigenvalue weighted by molar-refractivity contribution is 0.136. The summed E-state index contributed by atoms with van der Waals surface area (Å²) in [6, 6.07) is 6.24. The van der Waals surface area contributed by atoms with Crippen LogP contribution < -0.4 is 10.1 Å². The molecule has 0 saturated carbocycles. The van der Waals surface area contributed by atoms with Crippen LogP contribution in [0, 0.1) is 6.92 Å². The van der Waals surface area contributed by atoms with E-state index in [2.05, 4.69) is 40.8 Å². The highest BCUT2D eigenvalue weighted by Gasteiger charge is 2.32. The molecule has 1 N–H and O–H groups in total. The summed E-state index contributed by atoms with van der Waals surface area (Å²) in [5.74, 6) is 1.97. The van der Waals surface area contributed by atoms with Gasteiger partial charge in [-0.15, -0.1) is 0 Å². The molecule has 1 aromatic heterocycles. The van der Waals surface area contributed by atoms with Gasteiger partial charge in [0, 0.05) is 25.5 Å². The number of nitrogens with one attached hydrogen (secondary N) is 1. The molecule has 2 aromatic rings. The third-order valence-corrected chi connectivity index (χ3v) is 5.67. The fourth-order valence-corrected chi connectivity index (χ4v) is 4.27. The molecule has 6 nitrogen and oxygen atoms in total. The Balaban J connectivity index is 1.47. The van der Waals surface area contributed by atoms with Gasteiger partial charge in [-0.1, -0.05) is 18.2 Å². The largest absolute Gasteiger partial charge is 0.491 e. The number of benzene rings is 1. The predicted octanol–water partition coefficient (Wildman–Crippen LogP) is 3.45. The lowest BCUT2D eigenvalue weighted by Crippen LogP contribution is -2.51. The molecule has 4 rings (SSSR count). The number of rotatable bonds is 3. The van der Waals surface area contributed by atoms with Crippen molar-refractivity contribution in [3.8, 4) is 5.75 Å². The molecular weight excluding hydrogens is 340 g/mol. The molecular formula is C21H28N4O2. The number of carbonyl (C=O) groups is 1. The lowest BCUT2D eigenvalue weighted by atomic mass is 9.99. The average molecular weight is 368 g/mol. The van der Waals surface area contributed by atoms with Gasteiger partial charge in [0.05, 0.1) is 12.1 Å². The van der Waals surface area contributed by atoms with Crippen LogP contribution in [-0.2, 0) is 13.0 Å². The second-order valence-electron chi connectivity index (χ2n) is 7.50. The summed E-state index contributed by atoms with van der Waals surface area (Å²) in [7, 11) is 0. The van der Waals surface area contributed by atoms with E-state index in [9.17, 15) is 4.79 Å². The van der Waals surface area contributed by atoms with Gasteiger partial charge in [-0.25, -0.2) is 9.78 Å². The molecule has 0 radical (unpaired) electrons. The maximum atomic E-state index is 13.1. The monoisotopic (exact) mass is 368 g/mol. The quantitative estimate of drug-likeness (QED) is 0.903. The van der Waals surface area contributed by atoms with Crippen molar-refractivity contribution < 1.29 is 9.53 Å². The number of hydrogen-bond acceptors (Lipinski definition) is 3. The first kappa shape index (κ1) is 17.9. The zero-order valence-corrected chi connectivity index (χ0v) is 16.1. The van der Waals surface area contributed by atoms with Crippen molar-refractivity contribution >= 4 is 6.03 Å². The molecule has 2 aliphatic rings. The number of imidazole rings is 1. The van der Waals surface area contributed by atoms with Crippen molar-refractivity contribution in [2.45, 2.75) is 58.2 Å². The minimum atomic E-state index is -0.00458. The van der Waals surface area contributed by atoms with Crippen LogP contribution in [0.15, 0.2) is 30.6 Å². The number of amides is 2. The Kier molecular flexibility index (Phi) is 5.05. The molecule has 1 saturated heterocycles. The third kappa shape index (κ3) is 3.53. The van der Waals surface area contributed by atoms with E-state index < -0.39 is 0 Å². The van der Waals surface area contributed by atoms with Crippen LogP contribution in [0.3, 0.4) is 0 Å². The van der Waals surface area contributed by atoms with Crippen LogP contribution in [0.1, 0.15) is 49.2 Å². The highest BCUT2D eigenvalue weighted by molar-refractivity contribution is 5.75. The number of hydrogen-bond donors (Lipinski definition) is 1. The second-order valence-corrected chi connectivity index (χ2v) is 7.50. The van der Waals surface area contributed by atoms with Crippen molar-refractivity contribution in [3.63, 3.8) is 0 Å². The van der Waals surface area contributed by atoms with E-state index >= 15 is 0 Å². The average Bonchev–Trinajstić information content (AvgIpc) is 3.17. The van der Waals surface area contributed by atoms with Gasteiger partial charge in [0.15, 0.2) is 0 Å². The number of urea groups is 1. The van der Waals surface area contributed by atoms with Gasteiger partial charge in [-0.05, 0) is 50.7 Å².